The van der Waals surface area contributed by atoms with Crippen molar-refractivity contribution in [3.63, 3.8) is 0 Å². The highest BCUT2D eigenvalue weighted by atomic mass is 19.1. The molecule has 0 aliphatic heterocycles. The van der Waals surface area contributed by atoms with Gasteiger partial charge in [-0.1, -0.05) is 24.3 Å². The van der Waals surface area contributed by atoms with E-state index in [0.717, 1.165) is 11.1 Å². The molecule has 98 valence electrons. The summed E-state index contributed by atoms with van der Waals surface area (Å²) >= 11 is 0. The number of hydrogen-bond donors (Lipinski definition) is 2. The number of rotatable bonds is 3. The van der Waals surface area contributed by atoms with Gasteiger partial charge >= 0.3 is 0 Å². The van der Waals surface area contributed by atoms with E-state index in [-0.39, 0.29) is 18.1 Å². The number of aryl methyl sites for hydroxylation is 1. The van der Waals surface area contributed by atoms with E-state index in [9.17, 15) is 9.18 Å². The third-order valence-electron chi connectivity index (χ3n) is 2.85. The number of carbonyl (C=O) groups excluding carboxylic acids is 1. The van der Waals surface area contributed by atoms with Crippen molar-refractivity contribution in [2.24, 2.45) is 0 Å². The number of halogens is 1. The minimum atomic E-state index is -0.313. The number of amides is 1. The van der Waals surface area contributed by atoms with E-state index in [4.69, 9.17) is 5.73 Å². The molecular weight excluding hydrogens is 243 g/mol. The molecule has 2 aromatic rings. The van der Waals surface area contributed by atoms with Crippen molar-refractivity contribution in [1.82, 2.24) is 0 Å². The first-order valence-electron chi connectivity index (χ1n) is 5.95. The Bertz CT molecular complexity index is 573. The Morgan fingerprint density at radius 3 is 2.53 bits per heavy atom. The summed E-state index contributed by atoms with van der Waals surface area (Å²) in [6.45, 7) is 1.88. The van der Waals surface area contributed by atoms with E-state index in [2.05, 4.69) is 5.32 Å². The lowest BCUT2D eigenvalue weighted by Gasteiger charge is -2.11. The summed E-state index contributed by atoms with van der Waals surface area (Å²) in [7, 11) is 0. The van der Waals surface area contributed by atoms with Crippen LogP contribution in [0.2, 0.25) is 0 Å². The summed E-state index contributed by atoms with van der Waals surface area (Å²) in [4.78, 5) is 11.9. The summed E-state index contributed by atoms with van der Waals surface area (Å²) in [5.74, 6) is -0.486. The van der Waals surface area contributed by atoms with Crippen LogP contribution in [0.1, 0.15) is 11.1 Å². The molecule has 0 saturated heterocycles. The number of hydrogen-bond acceptors (Lipinski definition) is 2. The van der Waals surface area contributed by atoms with Crippen LogP contribution in [0.3, 0.4) is 0 Å². The number of carbonyl (C=O) groups is 1. The molecule has 4 heteroatoms. The molecule has 19 heavy (non-hydrogen) atoms. The fraction of sp³-hybridized carbons (Fsp3) is 0.133. The summed E-state index contributed by atoms with van der Waals surface area (Å²) in [6, 6.07) is 11.3. The Kier molecular flexibility index (Phi) is 3.80. The van der Waals surface area contributed by atoms with Crippen molar-refractivity contribution in [3.05, 3.63) is 59.4 Å². The summed E-state index contributed by atoms with van der Waals surface area (Å²) < 4.78 is 12.8. The molecule has 2 aromatic carbocycles. The first-order valence-corrected chi connectivity index (χ1v) is 5.95. The number of anilines is 2. The monoisotopic (exact) mass is 258 g/mol. The second kappa shape index (κ2) is 5.52. The van der Waals surface area contributed by atoms with Gasteiger partial charge in [0.1, 0.15) is 5.82 Å². The topological polar surface area (TPSA) is 55.1 Å². The molecule has 0 aliphatic rings. The van der Waals surface area contributed by atoms with Gasteiger partial charge in [-0.05, 0) is 36.2 Å². The largest absolute Gasteiger partial charge is 0.397 e. The van der Waals surface area contributed by atoms with E-state index in [1.165, 1.54) is 12.1 Å². The van der Waals surface area contributed by atoms with Gasteiger partial charge in [-0.25, -0.2) is 4.39 Å². The van der Waals surface area contributed by atoms with Crippen molar-refractivity contribution in [2.45, 2.75) is 13.3 Å². The van der Waals surface area contributed by atoms with Gasteiger partial charge in [0.25, 0.3) is 0 Å². The van der Waals surface area contributed by atoms with Gasteiger partial charge in [0, 0.05) is 0 Å². The minimum absolute atomic E-state index is 0.174. The van der Waals surface area contributed by atoms with Gasteiger partial charge in [0.2, 0.25) is 5.91 Å². The van der Waals surface area contributed by atoms with Crippen molar-refractivity contribution in [1.29, 1.82) is 0 Å². The molecule has 0 heterocycles. The van der Waals surface area contributed by atoms with Crippen LogP contribution in [0.15, 0.2) is 42.5 Å². The van der Waals surface area contributed by atoms with Crippen LogP contribution in [0.25, 0.3) is 0 Å². The van der Waals surface area contributed by atoms with Gasteiger partial charge in [-0.15, -0.1) is 0 Å². The Hall–Kier alpha value is -2.36. The average Bonchev–Trinajstić information content (AvgIpc) is 2.37. The maximum atomic E-state index is 12.8. The second-order valence-corrected chi connectivity index (χ2v) is 4.39. The number of nitrogens with one attached hydrogen (secondary N) is 1. The Morgan fingerprint density at radius 2 is 1.89 bits per heavy atom. The molecule has 0 unspecified atom stereocenters. The fourth-order valence-electron chi connectivity index (χ4n) is 1.83. The molecule has 0 fully saturated rings. The smallest absolute Gasteiger partial charge is 0.228 e. The zero-order chi connectivity index (χ0) is 13.8. The summed E-state index contributed by atoms with van der Waals surface area (Å²) in [5.41, 5.74) is 8.65. The van der Waals surface area contributed by atoms with E-state index < -0.39 is 0 Å². The highest BCUT2D eigenvalue weighted by Gasteiger charge is 2.08. The highest BCUT2D eigenvalue weighted by molar-refractivity contribution is 5.96. The molecule has 1 amide bonds. The lowest BCUT2D eigenvalue weighted by molar-refractivity contribution is -0.115. The predicted molar refractivity (Wildman–Crippen MR) is 74.3 cm³/mol. The Morgan fingerprint density at radius 1 is 1.21 bits per heavy atom. The quantitative estimate of drug-likeness (QED) is 0.832. The molecule has 3 nitrogen and oxygen atoms in total. The van der Waals surface area contributed by atoms with Gasteiger partial charge in [0.15, 0.2) is 0 Å². The van der Waals surface area contributed by atoms with Crippen LogP contribution < -0.4 is 11.1 Å². The van der Waals surface area contributed by atoms with Crippen LogP contribution in [-0.4, -0.2) is 5.91 Å². The van der Waals surface area contributed by atoms with Crippen molar-refractivity contribution in [2.75, 3.05) is 11.1 Å². The minimum Gasteiger partial charge on any atom is -0.397 e. The molecule has 0 atom stereocenters. The molecule has 0 saturated carbocycles. The van der Waals surface area contributed by atoms with E-state index in [1.54, 1.807) is 18.2 Å². The van der Waals surface area contributed by atoms with Crippen molar-refractivity contribution < 1.29 is 9.18 Å². The Balaban J connectivity index is 2.07. The normalized spacial score (nSPS) is 10.2. The molecule has 0 bridgehead atoms. The first kappa shape index (κ1) is 13.1. The molecule has 3 N–H and O–H groups in total. The van der Waals surface area contributed by atoms with Crippen LogP contribution >= 0.6 is 0 Å². The third-order valence-corrected chi connectivity index (χ3v) is 2.85. The maximum Gasteiger partial charge on any atom is 0.228 e. The Labute approximate surface area is 111 Å². The van der Waals surface area contributed by atoms with E-state index >= 15 is 0 Å². The van der Waals surface area contributed by atoms with Crippen LogP contribution in [0.5, 0.6) is 0 Å². The van der Waals surface area contributed by atoms with Crippen LogP contribution in [-0.2, 0) is 11.2 Å². The second-order valence-electron chi connectivity index (χ2n) is 4.39. The van der Waals surface area contributed by atoms with Gasteiger partial charge < -0.3 is 11.1 Å². The maximum absolute atomic E-state index is 12.8. The van der Waals surface area contributed by atoms with E-state index in [0.29, 0.717) is 11.4 Å². The van der Waals surface area contributed by atoms with Crippen LogP contribution in [0.4, 0.5) is 15.8 Å². The third kappa shape index (κ3) is 3.31. The van der Waals surface area contributed by atoms with Gasteiger partial charge in [-0.2, -0.15) is 0 Å². The van der Waals surface area contributed by atoms with Crippen molar-refractivity contribution in [3.8, 4) is 0 Å². The van der Waals surface area contributed by atoms with Gasteiger partial charge in [-0.3, -0.25) is 4.79 Å². The average molecular weight is 258 g/mol. The summed E-state index contributed by atoms with van der Waals surface area (Å²) in [5, 5.41) is 2.78. The standard InChI is InChI=1S/C15H15FN2O/c1-10-3-2-4-13(17)15(10)18-14(19)9-11-5-7-12(16)8-6-11/h2-8H,9,17H2,1H3,(H,18,19). The number of nitrogens with two attached hydrogens (primary N) is 1. The van der Waals surface area contributed by atoms with Crippen molar-refractivity contribution >= 4 is 17.3 Å². The zero-order valence-electron chi connectivity index (χ0n) is 10.6. The predicted octanol–water partition coefficient (Wildman–Crippen LogP) is 2.90. The molecule has 2 rings (SSSR count). The number of para-hydroxylation sites is 1. The molecule has 0 aliphatic carbocycles. The molecule has 0 radical (unpaired) electrons. The van der Waals surface area contributed by atoms with E-state index in [1.807, 2.05) is 19.1 Å². The summed E-state index contributed by atoms with van der Waals surface area (Å²) in [6.07, 6.45) is 0.189. The highest BCUT2D eigenvalue weighted by Crippen LogP contribution is 2.22. The molecular formula is C15H15FN2O. The number of nitrogen functional groups attached to an aromatic ring is 1. The first-order chi connectivity index (χ1) is 9.06. The van der Waals surface area contributed by atoms with Crippen LogP contribution in [0, 0.1) is 12.7 Å². The fourth-order valence-corrected chi connectivity index (χ4v) is 1.83. The molecule has 0 aromatic heterocycles. The number of benzene rings is 2. The zero-order valence-corrected chi connectivity index (χ0v) is 10.6. The van der Waals surface area contributed by atoms with Gasteiger partial charge in [0.05, 0.1) is 17.8 Å². The SMILES string of the molecule is Cc1cccc(N)c1NC(=O)Cc1ccc(F)cc1. The molecule has 0 spiro atoms. The lowest BCUT2D eigenvalue weighted by atomic mass is 10.1. The lowest BCUT2D eigenvalue weighted by Crippen LogP contribution is -2.16.